The molecule has 0 saturated heterocycles. The van der Waals surface area contributed by atoms with Gasteiger partial charge in [0.15, 0.2) is 0 Å². The van der Waals surface area contributed by atoms with Crippen LogP contribution >= 0.6 is 34.5 Å². The average Bonchev–Trinajstić information content (AvgIpc) is 2.92. The first-order chi connectivity index (χ1) is 10.0. The van der Waals surface area contributed by atoms with E-state index in [1.807, 2.05) is 13.1 Å². The topological polar surface area (TPSA) is 59.3 Å². The maximum atomic E-state index is 12.1. The predicted molar refractivity (Wildman–Crippen MR) is 83.2 cm³/mol. The smallest absolute Gasteiger partial charge is 0.253 e. The maximum Gasteiger partial charge on any atom is 0.253 e. The fourth-order valence-corrected chi connectivity index (χ4v) is 3.20. The highest BCUT2D eigenvalue weighted by Gasteiger charge is 2.12. The number of imidazole rings is 1. The van der Waals surface area contributed by atoms with Gasteiger partial charge < -0.3 is 5.32 Å². The van der Waals surface area contributed by atoms with E-state index in [9.17, 15) is 4.79 Å². The van der Waals surface area contributed by atoms with Crippen molar-refractivity contribution in [1.29, 1.82) is 0 Å². The minimum Gasteiger partial charge on any atom is -0.345 e. The second-order valence-electron chi connectivity index (χ2n) is 4.41. The van der Waals surface area contributed by atoms with Crippen LogP contribution in [-0.2, 0) is 6.54 Å². The van der Waals surface area contributed by atoms with E-state index in [4.69, 9.17) is 23.2 Å². The van der Waals surface area contributed by atoms with Crippen LogP contribution in [0.25, 0.3) is 4.96 Å². The maximum absolute atomic E-state index is 12.1. The van der Waals surface area contributed by atoms with Crippen LogP contribution in [0.4, 0.5) is 0 Å². The molecular weight excluding hydrogens is 331 g/mol. The third kappa shape index (κ3) is 3.02. The van der Waals surface area contributed by atoms with Crippen LogP contribution in [0, 0.1) is 6.92 Å². The fraction of sp³-hybridized carbons (Fsp3) is 0.154. The van der Waals surface area contributed by atoms with Crippen LogP contribution in [-0.4, -0.2) is 20.5 Å². The molecule has 21 heavy (non-hydrogen) atoms. The lowest BCUT2D eigenvalue weighted by Crippen LogP contribution is -2.23. The Hall–Kier alpha value is -1.63. The largest absolute Gasteiger partial charge is 0.345 e. The number of carbonyl (C=O) groups is 1. The Kier molecular flexibility index (Phi) is 3.84. The quantitative estimate of drug-likeness (QED) is 0.795. The molecule has 0 saturated carbocycles. The number of amides is 1. The SMILES string of the molecule is Cc1cn2nc(CNC(=O)c3ccc(Cl)cc3Cl)sc2n1. The number of nitrogens with zero attached hydrogens (tertiary/aromatic N) is 3. The summed E-state index contributed by atoms with van der Waals surface area (Å²) in [5, 5.41) is 8.71. The molecule has 2 aromatic heterocycles. The molecule has 1 amide bonds. The Morgan fingerprint density at radius 2 is 2.24 bits per heavy atom. The van der Waals surface area contributed by atoms with E-state index in [0.717, 1.165) is 15.7 Å². The van der Waals surface area contributed by atoms with E-state index in [-0.39, 0.29) is 5.91 Å². The number of fused-ring (bicyclic) bond motifs is 1. The van der Waals surface area contributed by atoms with E-state index < -0.39 is 0 Å². The number of rotatable bonds is 3. The Balaban J connectivity index is 1.71. The van der Waals surface area contributed by atoms with Crippen LogP contribution in [0.15, 0.2) is 24.4 Å². The number of aromatic nitrogens is 3. The molecule has 3 aromatic rings. The fourth-order valence-electron chi connectivity index (χ4n) is 1.85. The van der Waals surface area contributed by atoms with Gasteiger partial charge in [0.25, 0.3) is 5.91 Å². The molecule has 3 rings (SSSR count). The summed E-state index contributed by atoms with van der Waals surface area (Å²) < 4.78 is 1.71. The zero-order valence-electron chi connectivity index (χ0n) is 10.9. The Labute approximate surface area is 134 Å². The first-order valence-corrected chi connectivity index (χ1v) is 7.65. The van der Waals surface area contributed by atoms with Crippen molar-refractivity contribution in [2.24, 2.45) is 0 Å². The summed E-state index contributed by atoms with van der Waals surface area (Å²) >= 11 is 13.2. The highest BCUT2D eigenvalue weighted by Crippen LogP contribution is 2.21. The van der Waals surface area contributed by atoms with Crippen molar-refractivity contribution in [2.75, 3.05) is 0 Å². The Morgan fingerprint density at radius 3 is 2.95 bits per heavy atom. The molecule has 8 heteroatoms. The number of aryl methyl sites for hydroxylation is 1. The molecular formula is C13H10Cl2N4OS. The first-order valence-electron chi connectivity index (χ1n) is 6.08. The van der Waals surface area contributed by atoms with Crippen molar-refractivity contribution >= 4 is 45.4 Å². The molecule has 5 nitrogen and oxygen atoms in total. The van der Waals surface area contributed by atoms with Crippen LogP contribution in [0.3, 0.4) is 0 Å². The van der Waals surface area contributed by atoms with Gasteiger partial charge in [-0.3, -0.25) is 4.79 Å². The third-order valence-corrected chi connectivity index (χ3v) is 4.25. The van der Waals surface area contributed by atoms with E-state index in [1.54, 1.807) is 16.6 Å². The van der Waals surface area contributed by atoms with E-state index in [1.165, 1.54) is 17.4 Å². The molecule has 0 atom stereocenters. The van der Waals surface area contributed by atoms with Crippen LogP contribution in [0.2, 0.25) is 10.0 Å². The van der Waals surface area contributed by atoms with Crippen LogP contribution in [0.5, 0.6) is 0 Å². The molecule has 2 heterocycles. The first kappa shape index (κ1) is 14.3. The van der Waals surface area contributed by atoms with E-state index in [0.29, 0.717) is 22.2 Å². The highest BCUT2D eigenvalue weighted by molar-refractivity contribution is 7.16. The molecule has 0 spiro atoms. The second-order valence-corrected chi connectivity index (χ2v) is 6.30. The zero-order valence-corrected chi connectivity index (χ0v) is 13.3. The van der Waals surface area contributed by atoms with Crippen LogP contribution in [0.1, 0.15) is 21.1 Å². The standard InChI is InChI=1S/C13H10Cl2N4OS/c1-7-6-19-13(17-7)21-11(18-19)5-16-12(20)9-3-2-8(14)4-10(9)15/h2-4,6H,5H2,1H3,(H,16,20). The lowest BCUT2D eigenvalue weighted by atomic mass is 10.2. The van der Waals surface area contributed by atoms with E-state index >= 15 is 0 Å². The molecule has 0 radical (unpaired) electrons. The molecule has 0 aliphatic rings. The number of hydrogen-bond acceptors (Lipinski definition) is 4. The average molecular weight is 341 g/mol. The third-order valence-electron chi connectivity index (χ3n) is 2.78. The van der Waals surface area contributed by atoms with Crippen molar-refractivity contribution in [2.45, 2.75) is 13.5 Å². The Morgan fingerprint density at radius 1 is 1.43 bits per heavy atom. The summed E-state index contributed by atoms with van der Waals surface area (Å²) in [6.07, 6.45) is 1.84. The highest BCUT2D eigenvalue weighted by atomic mass is 35.5. The summed E-state index contributed by atoms with van der Waals surface area (Å²) in [7, 11) is 0. The van der Waals surface area contributed by atoms with Gasteiger partial charge in [0.1, 0.15) is 5.01 Å². The Bertz CT molecular complexity index is 795. The van der Waals surface area contributed by atoms with Gasteiger partial charge in [-0.2, -0.15) is 5.10 Å². The molecule has 0 fully saturated rings. The van der Waals surface area contributed by atoms with Crippen molar-refractivity contribution in [3.8, 4) is 0 Å². The van der Waals surface area contributed by atoms with Crippen LogP contribution < -0.4 is 5.32 Å². The van der Waals surface area contributed by atoms with Gasteiger partial charge in [0.2, 0.25) is 4.96 Å². The number of carbonyl (C=O) groups excluding carboxylic acids is 1. The molecule has 1 N–H and O–H groups in total. The monoisotopic (exact) mass is 340 g/mol. The minimum absolute atomic E-state index is 0.263. The molecule has 1 aromatic carbocycles. The summed E-state index contributed by atoms with van der Waals surface area (Å²) in [5.74, 6) is -0.263. The second kappa shape index (κ2) is 5.63. The number of halogens is 2. The lowest BCUT2D eigenvalue weighted by molar-refractivity contribution is 0.0951. The predicted octanol–water partition coefficient (Wildman–Crippen LogP) is 3.34. The van der Waals surface area contributed by atoms with Gasteiger partial charge in [-0.25, -0.2) is 9.50 Å². The van der Waals surface area contributed by atoms with Gasteiger partial charge >= 0.3 is 0 Å². The normalized spacial score (nSPS) is 11.0. The number of benzene rings is 1. The summed E-state index contributed by atoms with van der Waals surface area (Å²) in [6.45, 7) is 2.23. The van der Waals surface area contributed by atoms with Gasteiger partial charge in [0, 0.05) is 5.02 Å². The van der Waals surface area contributed by atoms with Gasteiger partial charge in [0.05, 0.1) is 29.0 Å². The van der Waals surface area contributed by atoms with Gasteiger partial charge in [-0.1, -0.05) is 34.5 Å². The van der Waals surface area contributed by atoms with E-state index in [2.05, 4.69) is 15.4 Å². The molecule has 108 valence electrons. The van der Waals surface area contributed by atoms with Gasteiger partial charge in [-0.15, -0.1) is 0 Å². The number of hydrogen-bond donors (Lipinski definition) is 1. The molecule has 0 unspecified atom stereocenters. The van der Waals surface area contributed by atoms with Crippen molar-refractivity contribution < 1.29 is 4.79 Å². The summed E-state index contributed by atoms with van der Waals surface area (Å²) in [4.78, 5) is 17.2. The number of nitrogens with one attached hydrogen (secondary N) is 1. The van der Waals surface area contributed by atoms with Crippen molar-refractivity contribution in [1.82, 2.24) is 19.9 Å². The summed E-state index contributed by atoms with van der Waals surface area (Å²) in [5.41, 5.74) is 1.30. The van der Waals surface area contributed by atoms with Crippen molar-refractivity contribution in [3.05, 3.63) is 50.7 Å². The van der Waals surface area contributed by atoms with Gasteiger partial charge in [-0.05, 0) is 25.1 Å². The zero-order chi connectivity index (χ0) is 15.0. The molecule has 0 bridgehead atoms. The molecule has 0 aliphatic heterocycles. The minimum atomic E-state index is -0.263. The summed E-state index contributed by atoms with van der Waals surface area (Å²) in [6, 6.07) is 4.76. The van der Waals surface area contributed by atoms with Crippen molar-refractivity contribution in [3.63, 3.8) is 0 Å². The molecule has 0 aliphatic carbocycles. The lowest BCUT2D eigenvalue weighted by Gasteiger charge is -2.05.